The minimum Gasteiger partial charge on any atom is -0.375 e. The van der Waals surface area contributed by atoms with Crippen molar-refractivity contribution in [1.82, 2.24) is 0 Å². The maximum Gasteiger partial charge on any atom is 0.0685 e. The van der Waals surface area contributed by atoms with Crippen LogP contribution in [0.15, 0.2) is 18.2 Å². The van der Waals surface area contributed by atoms with Crippen LogP contribution in [0.1, 0.15) is 56.6 Å². The summed E-state index contributed by atoms with van der Waals surface area (Å²) in [6.45, 7) is 0.823. The van der Waals surface area contributed by atoms with Crippen molar-refractivity contribution in [2.24, 2.45) is 11.7 Å². The number of benzene rings is 1. The Kier molecular flexibility index (Phi) is 4.80. The van der Waals surface area contributed by atoms with E-state index in [-0.39, 0.29) is 11.6 Å². The Morgan fingerprint density at radius 1 is 1.19 bits per heavy atom. The molecule has 1 saturated carbocycles. The summed E-state index contributed by atoms with van der Waals surface area (Å²) in [5.41, 5.74) is 7.62. The highest BCUT2D eigenvalue weighted by molar-refractivity contribution is 6.35. The van der Waals surface area contributed by atoms with Crippen molar-refractivity contribution in [3.8, 4) is 0 Å². The Morgan fingerprint density at radius 3 is 2.67 bits per heavy atom. The largest absolute Gasteiger partial charge is 0.375 e. The molecule has 2 aliphatic rings. The van der Waals surface area contributed by atoms with Crippen LogP contribution in [-0.2, 0) is 4.74 Å². The molecule has 1 heterocycles. The molecule has 2 N–H and O–H groups in total. The zero-order valence-corrected chi connectivity index (χ0v) is 13.8. The summed E-state index contributed by atoms with van der Waals surface area (Å²) in [5.74, 6) is 0.440. The van der Waals surface area contributed by atoms with Crippen LogP contribution < -0.4 is 5.73 Å². The molecule has 21 heavy (non-hydrogen) atoms. The molecule has 4 heteroatoms. The lowest BCUT2D eigenvalue weighted by Crippen LogP contribution is -2.44. The van der Waals surface area contributed by atoms with Gasteiger partial charge in [0.15, 0.2) is 0 Å². The fourth-order valence-electron chi connectivity index (χ4n) is 3.94. The molecule has 0 aromatic heterocycles. The zero-order valence-electron chi connectivity index (χ0n) is 12.3. The monoisotopic (exact) mass is 327 g/mol. The standard InChI is InChI=1S/C17H23Cl2NO/c18-13-4-5-14(15(19)10-13)16(20)12-6-9-21-17(11-12)7-2-1-3-8-17/h4-5,10,12,16H,1-3,6-9,11,20H2. The number of halogens is 2. The first kappa shape index (κ1) is 15.6. The van der Waals surface area contributed by atoms with Crippen LogP contribution in [0, 0.1) is 5.92 Å². The molecule has 116 valence electrons. The van der Waals surface area contributed by atoms with Gasteiger partial charge in [-0.2, -0.15) is 0 Å². The van der Waals surface area contributed by atoms with E-state index in [1.54, 1.807) is 6.07 Å². The van der Waals surface area contributed by atoms with Gasteiger partial charge < -0.3 is 10.5 Å². The molecule has 2 nitrogen and oxygen atoms in total. The van der Waals surface area contributed by atoms with Gasteiger partial charge in [-0.05, 0) is 49.3 Å². The summed E-state index contributed by atoms with van der Waals surface area (Å²) in [4.78, 5) is 0. The first-order valence-electron chi connectivity index (χ1n) is 7.94. The molecule has 1 spiro atoms. The molecule has 2 unspecified atom stereocenters. The SMILES string of the molecule is NC(c1ccc(Cl)cc1Cl)C1CCOC2(CCCCC2)C1. The average molecular weight is 328 g/mol. The van der Waals surface area contributed by atoms with Gasteiger partial charge in [0, 0.05) is 22.7 Å². The summed E-state index contributed by atoms with van der Waals surface area (Å²) >= 11 is 12.3. The van der Waals surface area contributed by atoms with Gasteiger partial charge in [-0.25, -0.2) is 0 Å². The number of hydrogen-bond donors (Lipinski definition) is 1. The summed E-state index contributed by atoms with van der Waals surface area (Å²) < 4.78 is 6.16. The Hall–Kier alpha value is -0.280. The lowest BCUT2D eigenvalue weighted by molar-refractivity contribution is -0.120. The smallest absolute Gasteiger partial charge is 0.0685 e. The molecule has 1 aliphatic carbocycles. The van der Waals surface area contributed by atoms with Crippen LogP contribution in [0.5, 0.6) is 0 Å². The second kappa shape index (κ2) is 6.45. The van der Waals surface area contributed by atoms with Crippen molar-refractivity contribution in [1.29, 1.82) is 0 Å². The van der Waals surface area contributed by atoms with Crippen molar-refractivity contribution in [3.63, 3.8) is 0 Å². The van der Waals surface area contributed by atoms with Crippen LogP contribution in [0.2, 0.25) is 10.0 Å². The molecule has 2 atom stereocenters. The highest BCUT2D eigenvalue weighted by Gasteiger charge is 2.40. The zero-order chi connectivity index (χ0) is 14.9. The van der Waals surface area contributed by atoms with Crippen LogP contribution >= 0.6 is 23.2 Å². The average Bonchev–Trinajstić information content (AvgIpc) is 2.47. The van der Waals surface area contributed by atoms with Gasteiger partial charge in [-0.15, -0.1) is 0 Å². The molecule has 1 aromatic carbocycles. The third-order valence-corrected chi connectivity index (χ3v) is 5.69. The Labute approximate surface area is 136 Å². The molecule has 1 aliphatic heterocycles. The van der Waals surface area contributed by atoms with Gasteiger partial charge >= 0.3 is 0 Å². The van der Waals surface area contributed by atoms with E-state index in [0.717, 1.165) is 25.0 Å². The molecule has 1 aromatic rings. The minimum atomic E-state index is -0.0301. The number of ether oxygens (including phenoxy) is 1. The van der Waals surface area contributed by atoms with Gasteiger partial charge in [0.05, 0.1) is 5.60 Å². The molecule has 0 amide bonds. The molecule has 0 bridgehead atoms. The van der Waals surface area contributed by atoms with E-state index >= 15 is 0 Å². The van der Waals surface area contributed by atoms with E-state index in [2.05, 4.69) is 0 Å². The van der Waals surface area contributed by atoms with Gasteiger partial charge in [-0.3, -0.25) is 0 Å². The summed E-state index contributed by atoms with van der Waals surface area (Å²) in [6.07, 6.45) is 8.35. The third-order valence-electron chi connectivity index (χ3n) is 5.13. The summed E-state index contributed by atoms with van der Waals surface area (Å²) in [5, 5.41) is 1.34. The number of nitrogens with two attached hydrogens (primary N) is 1. The lowest BCUT2D eigenvalue weighted by atomic mass is 9.73. The molecule has 1 saturated heterocycles. The Morgan fingerprint density at radius 2 is 1.95 bits per heavy atom. The van der Waals surface area contributed by atoms with E-state index < -0.39 is 0 Å². The quantitative estimate of drug-likeness (QED) is 0.817. The molecule has 3 rings (SSSR count). The molecular formula is C17H23Cl2NO. The first-order valence-corrected chi connectivity index (χ1v) is 8.70. The Bertz CT molecular complexity index is 494. The van der Waals surface area contributed by atoms with E-state index in [9.17, 15) is 0 Å². The van der Waals surface area contributed by atoms with Crippen LogP contribution in [0.25, 0.3) is 0 Å². The fourth-order valence-corrected chi connectivity index (χ4v) is 4.48. The van der Waals surface area contributed by atoms with Gasteiger partial charge in [0.2, 0.25) is 0 Å². The van der Waals surface area contributed by atoms with Crippen molar-refractivity contribution in [3.05, 3.63) is 33.8 Å². The van der Waals surface area contributed by atoms with E-state index in [0.29, 0.717) is 16.0 Å². The normalized spacial score (nSPS) is 26.7. The maximum absolute atomic E-state index is 6.53. The van der Waals surface area contributed by atoms with Crippen molar-refractivity contribution >= 4 is 23.2 Å². The number of hydrogen-bond acceptors (Lipinski definition) is 2. The molecular weight excluding hydrogens is 305 g/mol. The van der Waals surface area contributed by atoms with Gasteiger partial charge in [0.1, 0.15) is 0 Å². The maximum atomic E-state index is 6.53. The predicted molar refractivity (Wildman–Crippen MR) is 87.9 cm³/mol. The fraction of sp³-hybridized carbons (Fsp3) is 0.647. The first-order chi connectivity index (χ1) is 10.1. The highest BCUT2D eigenvalue weighted by atomic mass is 35.5. The van der Waals surface area contributed by atoms with E-state index in [4.69, 9.17) is 33.7 Å². The van der Waals surface area contributed by atoms with Crippen LogP contribution in [0.4, 0.5) is 0 Å². The third kappa shape index (κ3) is 3.39. The van der Waals surface area contributed by atoms with E-state index in [1.807, 2.05) is 12.1 Å². The summed E-state index contributed by atoms with van der Waals surface area (Å²) in [6, 6.07) is 5.60. The van der Waals surface area contributed by atoms with Crippen molar-refractivity contribution < 1.29 is 4.74 Å². The van der Waals surface area contributed by atoms with Gasteiger partial charge in [-0.1, -0.05) is 48.5 Å². The predicted octanol–water partition coefficient (Wildman–Crippen LogP) is 5.12. The van der Waals surface area contributed by atoms with Crippen molar-refractivity contribution in [2.45, 2.75) is 56.6 Å². The molecule has 0 radical (unpaired) electrons. The minimum absolute atomic E-state index is 0.0301. The second-order valence-electron chi connectivity index (χ2n) is 6.54. The Balaban J connectivity index is 1.76. The highest BCUT2D eigenvalue weighted by Crippen LogP contribution is 2.44. The van der Waals surface area contributed by atoms with E-state index in [1.165, 1.54) is 32.1 Å². The number of rotatable bonds is 2. The molecule has 2 fully saturated rings. The van der Waals surface area contributed by atoms with Crippen LogP contribution in [-0.4, -0.2) is 12.2 Å². The van der Waals surface area contributed by atoms with Crippen molar-refractivity contribution in [2.75, 3.05) is 6.61 Å². The van der Waals surface area contributed by atoms with Gasteiger partial charge in [0.25, 0.3) is 0 Å². The second-order valence-corrected chi connectivity index (χ2v) is 7.38. The summed E-state index contributed by atoms with van der Waals surface area (Å²) in [7, 11) is 0. The lowest BCUT2D eigenvalue weighted by Gasteiger charge is -2.45. The van der Waals surface area contributed by atoms with Crippen LogP contribution in [0.3, 0.4) is 0 Å². The topological polar surface area (TPSA) is 35.2 Å².